The maximum atomic E-state index is 5.33. The SMILES string of the molecule is CCCN(CCC)C(=Cc1ccccc1)/C(=[C]/OC)c1ccccc1. The highest BCUT2D eigenvalue weighted by molar-refractivity contribution is 5.82. The number of nitrogens with zero attached hydrogens (tertiary/aromatic N) is 1. The molecule has 0 saturated heterocycles. The normalized spacial score (nSPS) is 12.1. The molecule has 2 nitrogen and oxygen atoms in total. The van der Waals surface area contributed by atoms with Crippen LogP contribution in [0.4, 0.5) is 0 Å². The Morgan fingerprint density at radius 1 is 0.920 bits per heavy atom. The molecule has 0 unspecified atom stereocenters. The van der Waals surface area contributed by atoms with Crippen LogP contribution in [0.2, 0.25) is 0 Å². The van der Waals surface area contributed by atoms with Gasteiger partial charge in [-0.1, -0.05) is 74.5 Å². The van der Waals surface area contributed by atoms with Gasteiger partial charge in [0.05, 0.1) is 12.7 Å². The van der Waals surface area contributed by atoms with E-state index < -0.39 is 0 Å². The summed E-state index contributed by atoms with van der Waals surface area (Å²) in [6, 6.07) is 20.8. The molecular formula is C23H28NO. The first-order chi connectivity index (χ1) is 12.3. The lowest BCUT2D eigenvalue weighted by molar-refractivity contribution is 0.310. The van der Waals surface area contributed by atoms with Crippen LogP contribution in [0.3, 0.4) is 0 Å². The second-order valence-corrected chi connectivity index (χ2v) is 5.97. The molecule has 25 heavy (non-hydrogen) atoms. The molecule has 2 heteroatoms. The van der Waals surface area contributed by atoms with Crippen molar-refractivity contribution >= 4 is 11.6 Å². The number of hydrogen-bond donors (Lipinski definition) is 0. The van der Waals surface area contributed by atoms with Gasteiger partial charge in [0.1, 0.15) is 0 Å². The smallest absolute Gasteiger partial charge is 0.171 e. The maximum absolute atomic E-state index is 5.33. The molecule has 0 heterocycles. The monoisotopic (exact) mass is 334 g/mol. The molecule has 0 bridgehead atoms. The third-order valence-corrected chi connectivity index (χ3v) is 3.95. The van der Waals surface area contributed by atoms with Crippen LogP contribution >= 0.6 is 0 Å². The Labute approximate surface area is 152 Å². The van der Waals surface area contributed by atoms with Gasteiger partial charge in [0.15, 0.2) is 6.26 Å². The third-order valence-electron chi connectivity index (χ3n) is 3.95. The summed E-state index contributed by atoms with van der Waals surface area (Å²) in [6.07, 6.45) is 7.56. The summed E-state index contributed by atoms with van der Waals surface area (Å²) >= 11 is 0. The largest absolute Gasteiger partial charge is 0.492 e. The molecule has 0 fully saturated rings. The fraction of sp³-hybridized carbons (Fsp3) is 0.304. The number of rotatable bonds is 9. The lowest BCUT2D eigenvalue weighted by Gasteiger charge is -2.28. The highest BCUT2D eigenvalue weighted by Crippen LogP contribution is 2.28. The van der Waals surface area contributed by atoms with E-state index in [9.17, 15) is 0 Å². The van der Waals surface area contributed by atoms with E-state index >= 15 is 0 Å². The summed E-state index contributed by atoms with van der Waals surface area (Å²) in [6.45, 7) is 6.45. The minimum absolute atomic E-state index is 0.994. The van der Waals surface area contributed by atoms with Crippen LogP contribution in [0.15, 0.2) is 66.4 Å². The van der Waals surface area contributed by atoms with Crippen molar-refractivity contribution in [3.63, 3.8) is 0 Å². The molecule has 0 aliphatic heterocycles. The molecule has 0 saturated carbocycles. The molecule has 0 spiro atoms. The van der Waals surface area contributed by atoms with Crippen molar-refractivity contribution in [3.05, 3.63) is 83.7 Å². The van der Waals surface area contributed by atoms with Crippen molar-refractivity contribution in [2.75, 3.05) is 20.2 Å². The number of hydrogen-bond acceptors (Lipinski definition) is 2. The van der Waals surface area contributed by atoms with Crippen molar-refractivity contribution in [2.24, 2.45) is 0 Å². The van der Waals surface area contributed by atoms with Crippen molar-refractivity contribution in [1.82, 2.24) is 4.90 Å². The average Bonchev–Trinajstić information content (AvgIpc) is 2.66. The molecule has 0 N–H and O–H groups in total. The van der Waals surface area contributed by atoms with Crippen LogP contribution in [0.1, 0.15) is 37.8 Å². The second-order valence-electron chi connectivity index (χ2n) is 5.97. The van der Waals surface area contributed by atoms with Crippen LogP contribution < -0.4 is 0 Å². The topological polar surface area (TPSA) is 12.5 Å². The Bertz CT molecular complexity index is 668. The van der Waals surface area contributed by atoms with Gasteiger partial charge in [0.2, 0.25) is 0 Å². The van der Waals surface area contributed by atoms with Gasteiger partial charge in [-0.05, 0) is 30.0 Å². The molecule has 2 rings (SSSR count). The lowest BCUT2D eigenvalue weighted by atomic mass is 10.0. The van der Waals surface area contributed by atoms with Gasteiger partial charge in [-0.2, -0.15) is 0 Å². The van der Waals surface area contributed by atoms with E-state index in [0.717, 1.165) is 42.8 Å². The second kappa shape index (κ2) is 10.4. The maximum Gasteiger partial charge on any atom is 0.171 e. The van der Waals surface area contributed by atoms with Crippen LogP contribution in [0.25, 0.3) is 11.6 Å². The summed E-state index contributed by atoms with van der Waals surface area (Å²) in [7, 11) is 1.66. The first-order valence-electron chi connectivity index (χ1n) is 9.03. The molecular weight excluding hydrogens is 306 g/mol. The quantitative estimate of drug-likeness (QED) is 0.434. The van der Waals surface area contributed by atoms with Crippen molar-refractivity contribution in [3.8, 4) is 0 Å². The Kier molecular flexibility index (Phi) is 7.84. The van der Waals surface area contributed by atoms with E-state index in [2.05, 4.69) is 79.6 Å². The van der Waals surface area contributed by atoms with E-state index in [1.54, 1.807) is 7.11 Å². The summed E-state index contributed by atoms with van der Waals surface area (Å²) < 4.78 is 5.33. The molecule has 0 amide bonds. The first kappa shape index (κ1) is 18.9. The predicted octanol–water partition coefficient (Wildman–Crippen LogP) is 5.64. The number of methoxy groups -OCH3 is 1. The summed E-state index contributed by atoms with van der Waals surface area (Å²) in [5.41, 5.74) is 4.45. The third kappa shape index (κ3) is 5.53. The zero-order chi connectivity index (χ0) is 17.9. The molecule has 2 aromatic rings. The lowest BCUT2D eigenvalue weighted by Crippen LogP contribution is -2.25. The van der Waals surface area contributed by atoms with Crippen LogP contribution in [0.5, 0.6) is 0 Å². The first-order valence-corrected chi connectivity index (χ1v) is 9.03. The van der Waals surface area contributed by atoms with Gasteiger partial charge >= 0.3 is 0 Å². The molecule has 0 aromatic heterocycles. The number of ether oxygens (including phenoxy) is 1. The number of benzene rings is 2. The van der Waals surface area contributed by atoms with E-state index in [4.69, 9.17) is 4.74 Å². The van der Waals surface area contributed by atoms with Gasteiger partial charge < -0.3 is 9.64 Å². The van der Waals surface area contributed by atoms with E-state index in [0.29, 0.717) is 0 Å². The zero-order valence-corrected chi connectivity index (χ0v) is 15.5. The average molecular weight is 334 g/mol. The van der Waals surface area contributed by atoms with Gasteiger partial charge in [0, 0.05) is 18.8 Å². The Morgan fingerprint density at radius 3 is 2.00 bits per heavy atom. The fourth-order valence-corrected chi connectivity index (χ4v) is 2.89. The summed E-state index contributed by atoms with van der Waals surface area (Å²) in [4.78, 5) is 2.43. The Morgan fingerprint density at radius 2 is 1.48 bits per heavy atom. The fourth-order valence-electron chi connectivity index (χ4n) is 2.89. The predicted molar refractivity (Wildman–Crippen MR) is 107 cm³/mol. The van der Waals surface area contributed by atoms with Crippen molar-refractivity contribution < 1.29 is 4.74 Å². The molecule has 0 atom stereocenters. The summed E-state index contributed by atoms with van der Waals surface area (Å²) in [5.74, 6) is 0. The van der Waals surface area contributed by atoms with E-state index in [1.165, 1.54) is 5.56 Å². The van der Waals surface area contributed by atoms with E-state index in [1.807, 2.05) is 12.1 Å². The molecule has 2 aromatic carbocycles. The molecule has 0 aliphatic rings. The van der Waals surface area contributed by atoms with Gasteiger partial charge in [-0.3, -0.25) is 0 Å². The standard InChI is InChI=1S/C23H28NO/c1-4-16-24(17-5-2)23(18-20-12-8-6-9-13-20)22(19-25-3)21-14-10-7-11-15-21/h6-15,18H,4-5,16-17H2,1-3H3. The zero-order valence-electron chi connectivity index (χ0n) is 15.5. The van der Waals surface area contributed by atoms with Crippen molar-refractivity contribution in [1.29, 1.82) is 0 Å². The molecule has 131 valence electrons. The highest BCUT2D eigenvalue weighted by atomic mass is 16.5. The van der Waals surface area contributed by atoms with Crippen LogP contribution in [0, 0.1) is 6.26 Å². The highest BCUT2D eigenvalue weighted by Gasteiger charge is 2.16. The van der Waals surface area contributed by atoms with Gasteiger partial charge in [-0.15, -0.1) is 0 Å². The minimum Gasteiger partial charge on any atom is -0.492 e. The van der Waals surface area contributed by atoms with Gasteiger partial charge in [0.25, 0.3) is 0 Å². The van der Waals surface area contributed by atoms with Gasteiger partial charge in [-0.25, -0.2) is 0 Å². The minimum atomic E-state index is 0.994. The van der Waals surface area contributed by atoms with Crippen molar-refractivity contribution in [2.45, 2.75) is 26.7 Å². The molecule has 0 aliphatic carbocycles. The summed E-state index contributed by atoms with van der Waals surface area (Å²) in [5, 5.41) is 0. The van der Waals surface area contributed by atoms with Crippen LogP contribution in [-0.2, 0) is 4.74 Å². The number of allylic oxidation sites excluding steroid dienone is 1. The van der Waals surface area contributed by atoms with Crippen LogP contribution in [-0.4, -0.2) is 25.1 Å². The molecule has 1 radical (unpaired) electrons. The van der Waals surface area contributed by atoms with E-state index in [-0.39, 0.29) is 0 Å². The Balaban J connectivity index is 2.55. The Hall–Kier alpha value is -2.48.